The van der Waals surface area contributed by atoms with Crippen LogP contribution in [0.1, 0.15) is 45.1 Å². The first-order chi connectivity index (χ1) is 9.60. The summed E-state index contributed by atoms with van der Waals surface area (Å²) in [5, 5.41) is 0. The number of aromatic nitrogens is 1. The van der Waals surface area contributed by atoms with Crippen LogP contribution in [0.25, 0.3) is 0 Å². The molecule has 0 atom stereocenters. The fraction of sp³-hybridized carbons (Fsp3) is 0.625. The van der Waals surface area contributed by atoms with E-state index in [0.29, 0.717) is 5.56 Å². The van der Waals surface area contributed by atoms with E-state index in [0.717, 1.165) is 38.8 Å². The fourth-order valence-corrected chi connectivity index (χ4v) is 2.09. The van der Waals surface area contributed by atoms with Gasteiger partial charge in [0.05, 0.1) is 0 Å². The van der Waals surface area contributed by atoms with Crippen LogP contribution in [0.2, 0.25) is 0 Å². The number of amides is 1. The first-order valence-corrected chi connectivity index (χ1v) is 7.54. The molecule has 0 N–H and O–H groups in total. The predicted molar refractivity (Wildman–Crippen MR) is 81.8 cm³/mol. The molecule has 112 valence electrons. The molecule has 1 rings (SSSR count). The summed E-state index contributed by atoms with van der Waals surface area (Å²) in [5.74, 6) is 0.0413. The van der Waals surface area contributed by atoms with Crippen LogP contribution in [-0.4, -0.2) is 28.5 Å². The molecular weight excluding hydrogens is 252 g/mol. The minimum atomic E-state index is -0.0771. The van der Waals surface area contributed by atoms with E-state index in [9.17, 15) is 9.59 Å². The highest BCUT2D eigenvalue weighted by Crippen LogP contribution is 2.01. The lowest BCUT2D eigenvalue weighted by molar-refractivity contribution is -0.132. The molecule has 0 bridgehead atoms. The standard InChI is InChI=1S/C16H26N2O2/c1-4-6-10-17(11-7-5-2)15(19)13-18-12-8-9-14(3)16(18)20/h8-9,12H,4-7,10-11,13H2,1-3H3. The van der Waals surface area contributed by atoms with E-state index in [1.165, 1.54) is 4.57 Å². The molecule has 0 unspecified atom stereocenters. The van der Waals surface area contributed by atoms with E-state index in [4.69, 9.17) is 0 Å². The van der Waals surface area contributed by atoms with E-state index in [1.807, 2.05) is 11.0 Å². The number of pyridine rings is 1. The minimum Gasteiger partial charge on any atom is -0.341 e. The molecule has 4 heteroatoms. The Morgan fingerprint density at radius 1 is 1.20 bits per heavy atom. The van der Waals surface area contributed by atoms with Crippen molar-refractivity contribution in [2.75, 3.05) is 13.1 Å². The van der Waals surface area contributed by atoms with Crippen LogP contribution in [-0.2, 0) is 11.3 Å². The lowest BCUT2D eigenvalue weighted by Crippen LogP contribution is -2.38. The third-order valence-corrected chi connectivity index (χ3v) is 3.43. The summed E-state index contributed by atoms with van der Waals surface area (Å²) >= 11 is 0. The first-order valence-electron chi connectivity index (χ1n) is 7.54. The van der Waals surface area contributed by atoms with Gasteiger partial charge >= 0.3 is 0 Å². The zero-order chi connectivity index (χ0) is 15.0. The minimum absolute atomic E-state index is 0.0413. The molecule has 1 heterocycles. The largest absolute Gasteiger partial charge is 0.341 e. The van der Waals surface area contributed by atoms with Crippen molar-refractivity contribution in [3.63, 3.8) is 0 Å². The average molecular weight is 278 g/mol. The van der Waals surface area contributed by atoms with Gasteiger partial charge in [0, 0.05) is 24.8 Å². The molecule has 20 heavy (non-hydrogen) atoms. The van der Waals surface area contributed by atoms with Crippen molar-refractivity contribution in [1.82, 2.24) is 9.47 Å². The van der Waals surface area contributed by atoms with Crippen LogP contribution in [0, 0.1) is 6.92 Å². The molecule has 0 aliphatic carbocycles. The molecule has 0 fully saturated rings. The lowest BCUT2D eigenvalue weighted by Gasteiger charge is -2.23. The molecule has 1 amide bonds. The fourth-order valence-electron chi connectivity index (χ4n) is 2.09. The highest BCUT2D eigenvalue weighted by Gasteiger charge is 2.13. The molecule has 0 aromatic carbocycles. The molecule has 0 saturated heterocycles. The molecule has 0 radical (unpaired) electrons. The smallest absolute Gasteiger partial charge is 0.253 e. The Labute approximate surface area is 121 Å². The monoisotopic (exact) mass is 278 g/mol. The van der Waals surface area contributed by atoms with Crippen molar-refractivity contribution in [2.45, 2.75) is 53.0 Å². The first kappa shape index (κ1) is 16.5. The Morgan fingerprint density at radius 3 is 2.35 bits per heavy atom. The van der Waals surface area contributed by atoms with Crippen LogP contribution >= 0.6 is 0 Å². The summed E-state index contributed by atoms with van der Waals surface area (Å²) in [6.07, 6.45) is 5.85. The summed E-state index contributed by atoms with van der Waals surface area (Å²) in [4.78, 5) is 26.2. The van der Waals surface area contributed by atoms with E-state index >= 15 is 0 Å². The van der Waals surface area contributed by atoms with Crippen molar-refractivity contribution in [3.8, 4) is 0 Å². The van der Waals surface area contributed by atoms with Crippen molar-refractivity contribution in [2.24, 2.45) is 0 Å². The number of nitrogens with zero attached hydrogens (tertiary/aromatic N) is 2. The average Bonchev–Trinajstić information content (AvgIpc) is 2.44. The number of carbonyl (C=O) groups is 1. The van der Waals surface area contributed by atoms with Crippen LogP contribution in [0.15, 0.2) is 23.1 Å². The Hall–Kier alpha value is -1.58. The second kappa shape index (κ2) is 8.56. The predicted octanol–water partition coefficient (Wildman–Crippen LogP) is 2.59. The van der Waals surface area contributed by atoms with Gasteiger partial charge in [-0.25, -0.2) is 0 Å². The van der Waals surface area contributed by atoms with E-state index in [-0.39, 0.29) is 18.0 Å². The topological polar surface area (TPSA) is 42.3 Å². The van der Waals surface area contributed by atoms with Crippen LogP contribution in [0.5, 0.6) is 0 Å². The molecule has 0 aliphatic heterocycles. The Bertz CT molecular complexity index is 472. The molecule has 1 aromatic rings. The highest BCUT2D eigenvalue weighted by molar-refractivity contribution is 5.76. The number of rotatable bonds is 8. The van der Waals surface area contributed by atoms with Crippen LogP contribution in [0.3, 0.4) is 0 Å². The number of hydrogen-bond acceptors (Lipinski definition) is 2. The van der Waals surface area contributed by atoms with Gasteiger partial charge in [-0.05, 0) is 25.8 Å². The summed E-state index contributed by atoms with van der Waals surface area (Å²) in [6, 6.07) is 3.59. The maximum atomic E-state index is 12.4. The molecule has 0 aliphatic rings. The van der Waals surface area contributed by atoms with E-state index in [2.05, 4.69) is 13.8 Å². The third-order valence-electron chi connectivity index (χ3n) is 3.43. The zero-order valence-corrected chi connectivity index (χ0v) is 12.9. The summed E-state index contributed by atoms with van der Waals surface area (Å²) in [5.41, 5.74) is 0.598. The molecule has 0 spiro atoms. The molecule has 1 aromatic heterocycles. The van der Waals surface area contributed by atoms with Crippen molar-refractivity contribution < 1.29 is 4.79 Å². The summed E-state index contributed by atoms with van der Waals surface area (Å²) in [6.45, 7) is 7.73. The lowest BCUT2D eigenvalue weighted by atomic mass is 10.2. The molecular formula is C16H26N2O2. The second-order valence-electron chi connectivity index (χ2n) is 5.21. The van der Waals surface area contributed by atoms with Gasteiger partial charge in [0.1, 0.15) is 6.54 Å². The third kappa shape index (κ3) is 4.83. The maximum Gasteiger partial charge on any atom is 0.253 e. The van der Waals surface area contributed by atoms with Gasteiger partial charge in [0.2, 0.25) is 5.91 Å². The van der Waals surface area contributed by atoms with Crippen molar-refractivity contribution in [1.29, 1.82) is 0 Å². The van der Waals surface area contributed by atoms with Crippen molar-refractivity contribution in [3.05, 3.63) is 34.2 Å². The molecule has 4 nitrogen and oxygen atoms in total. The normalized spacial score (nSPS) is 10.6. The van der Waals surface area contributed by atoms with Gasteiger partial charge in [0.25, 0.3) is 5.56 Å². The number of unbranched alkanes of at least 4 members (excludes halogenated alkanes) is 2. The van der Waals surface area contributed by atoms with Crippen LogP contribution < -0.4 is 5.56 Å². The number of carbonyl (C=O) groups excluding carboxylic acids is 1. The quantitative estimate of drug-likeness (QED) is 0.733. The number of hydrogen-bond donors (Lipinski definition) is 0. The highest BCUT2D eigenvalue weighted by atomic mass is 16.2. The van der Waals surface area contributed by atoms with Crippen LogP contribution in [0.4, 0.5) is 0 Å². The van der Waals surface area contributed by atoms with E-state index in [1.54, 1.807) is 19.2 Å². The number of aryl methyl sites for hydroxylation is 1. The Balaban J connectivity index is 2.73. The molecule has 0 saturated carbocycles. The Kier molecular flexibility index (Phi) is 7.05. The van der Waals surface area contributed by atoms with Gasteiger partial charge in [-0.3, -0.25) is 9.59 Å². The van der Waals surface area contributed by atoms with Gasteiger partial charge in [-0.2, -0.15) is 0 Å². The van der Waals surface area contributed by atoms with Crippen molar-refractivity contribution >= 4 is 5.91 Å². The summed E-state index contributed by atoms with van der Waals surface area (Å²) < 4.78 is 1.50. The SMILES string of the molecule is CCCCN(CCCC)C(=O)Cn1cccc(C)c1=O. The van der Waals surface area contributed by atoms with Gasteiger partial charge < -0.3 is 9.47 Å². The van der Waals surface area contributed by atoms with Gasteiger partial charge in [-0.1, -0.05) is 32.8 Å². The zero-order valence-electron chi connectivity index (χ0n) is 12.9. The van der Waals surface area contributed by atoms with E-state index < -0.39 is 0 Å². The van der Waals surface area contributed by atoms with Gasteiger partial charge in [-0.15, -0.1) is 0 Å². The second-order valence-corrected chi connectivity index (χ2v) is 5.21. The maximum absolute atomic E-state index is 12.4. The Morgan fingerprint density at radius 2 is 1.80 bits per heavy atom. The summed E-state index contributed by atoms with van der Waals surface area (Å²) in [7, 11) is 0. The van der Waals surface area contributed by atoms with Gasteiger partial charge in [0.15, 0.2) is 0 Å².